The minimum absolute atomic E-state index is 0.125. The van der Waals surface area contributed by atoms with Crippen LogP contribution in [0.2, 0.25) is 0 Å². The molecular formula is C14H27N3O2. The summed E-state index contributed by atoms with van der Waals surface area (Å²) in [5, 5.41) is 0. The Labute approximate surface area is 116 Å². The lowest BCUT2D eigenvalue weighted by Gasteiger charge is -2.42. The van der Waals surface area contributed by atoms with Gasteiger partial charge in [-0.1, -0.05) is 6.92 Å². The molecule has 0 saturated carbocycles. The van der Waals surface area contributed by atoms with Crippen molar-refractivity contribution in [1.29, 1.82) is 0 Å². The third kappa shape index (κ3) is 3.27. The average Bonchev–Trinajstić information content (AvgIpc) is 2.46. The lowest BCUT2D eigenvalue weighted by atomic mass is 9.89. The average molecular weight is 269 g/mol. The van der Waals surface area contributed by atoms with E-state index in [1.165, 1.54) is 0 Å². The highest BCUT2D eigenvalue weighted by Crippen LogP contribution is 2.21. The summed E-state index contributed by atoms with van der Waals surface area (Å²) in [5.74, 6) is 0.125. The van der Waals surface area contributed by atoms with Crippen LogP contribution in [0.4, 0.5) is 0 Å². The van der Waals surface area contributed by atoms with Gasteiger partial charge in [0.2, 0.25) is 5.91 Å². The SMILES string of the molecule is CCC(C)N1CCN(C(=O)C2(N)CCOCC2)CC1. The van der Waals surface area contributed by atoms with Crippen LogP contribution in [0.25, 0.3) is 0 Å². The molecule has 0 bridgehead atoms. The molecule has 2 aliphatic heterocycles. The van der Waals surface area contributed by atoms with E-state index in [1.807, 2.05) is 4.90 Å². The van der Waals surface area contributed by atoms with Crippen molar-refractivity contribution in [3.8, 4) is 0 Å². The molecule has 0 spiro atoms. The lowest BCUT2D eigenvalue weighted by Crippen LogP contribution is -2.61. The van der Waals surface area contributed by atoms with Crippen molar-refractivity contribution >= 4 is 5.91 Å². The summed E-state index contributed by atoms with van der Waals surface area (Å²) in [5.41, 5.74) is 5.59. The van der Waals surface area contributed by atoms with Crippen LogP contribution < -0.4 is 5.73 Å². The molecule has 5 nitrogen and oxygen atoms in total. The highest BCUT2D eigenvalue weighted by atomic mass is 16.5. The Morgan fingerprint density at radius 3 is 2.37 bits per heavy atom. The first-order valence-electron chi connectivity index (χ1n) is 7.47. The highest BCUT2D eigenvalue weighted by Gasteiger charge is 2.39. The highest BCUT2D eigenvalue weighted by molar-refractivity contribution is 5.86. The molecule has 2 fully saturated rings. The summed E-state index contributed by atoms with van der Waals surface area (Å²) in [6.45, 7) is 9.22. The van der Waals surface area contributed by atoms with E-state index in [1.54, 1.807) is 0 Å². The molecular weight excluding hydrogens is 242 g/mol. The van der Waals surface area contributed by atoms with Crippen molar-refractivity contribution in [3.63, 3.8) is 0 Å². The second kappa shape index (κ2) is 6.20. The van der Waals surface area contributed by atoms with Crippen molar-refractivity contribution in [2.75, 3.05) is 39.4 Å². The molecule has 5 heteroatoms. The molecule has 2 N–H and O–H groups in total. The maximum absolute atomic E-state index is 12.5. The Bertz CT molecular complexity index is 308. The van der Waals surface area contributed by atoms with Crippen LogP contribution in [0.5, 0.6) is 0 Å². The summed E-state index contributed by atoms with van der Waals surface area (Å²) >= 11 is 0. The molecule has 19 heavy (non-hydrogen) atoms. The summed E-state index contributed by atoms with van der Waals surface area (Å²) in [7, 11) is 0. The van der Waals surface area contributed by atoms with Crippen LogP contribution in [0.15, 0.2) is 0 Å². The zero-order valence-electron chi connectivity index (χ0n) is 12.2. The van der Waals surface area contributed by atoms with Crippen molar-refractivity contribution in [2.24, 2.45) is 5.73 Å². The Balaban J connectivity index is 1.88. The number of nitrogens with two attached hydrogens (primary N) is 1. The summed E-state index contributed by atoms with van der Waals surface area (Å²) in [4.78, 5) is 17.0. The molecule has 2 rings (SSSR count). The van der Waals surface area contributed by atoms with Crippen LogP contribution in [-0.2, 0) is 9.53 Å². The molecule has 1 unspecified atom stereocenters. The van der Waals surface area contributed by atoms with Gasteiger partial charge in [-0.25, -0.2) is 0 Å². The Kier molecular flexibility index (Phi) is 4.81. The van der Waals surface area contributed by atoms with Crippen molar-refractivity contribution in [1.82, 2.24) is 9.80 Å². The smallest absolute Gasteiger partial charge is 0.242 e. The van der Waals surface area contributed by atoms with Gasteiger partial charge in [-0.05, 0) is 26.2 Å². The van der Waals surface area contributed by atoms with Crippen LogP contribution in [0.3, 0.4) is 0 Å². The predicted octanol–water partition coefficient (Wildman–Crippen LogP) is 0.437. The number of rotatable bonds is 3. The minimum atomic E-state index is -0.684. The third-order valence-corrected chi connectivity index (χ3v) is 4.63. The number of hydrogen-bond acceptors (Lipinski definition) is 4. The molecule has 1 atom stereocenters. The van der Waals surface area contributed by atoms with Gasteiger partial charge in [0.1, 0.15) is 0 Å². The fourth-order valence-corrected chi connectivity index (χ4v) is 2.89. The largest absolute Gasteiger partial charge is 0.381 e. The molecule has 0 aromatic carbocycles. The lowest BCUT2D eigenvalue weighted by molar-refractivity contribution is -0.142. The maximum Gasteiger partial charge on any atom is 0.242 e. The number of ether oxygens (including phenoxy) is 1. The van der Waals surface area contributed by atoms with Crippen LogP contribution in [-0.4, -0.2) is 66.7 Å². The van der Waals surface area contributed by atoms with Gasteiger partial charge in [0.25, 0.3) is 0 Å². The Morgan fingerprint density at radius 1 is 1.26 bits per heavy atom. The minimum Gasteiger partial charge on any atom is -0.381 e. The number of nitrogens with zero attached hydrogens (tertiary/aromatic N) is 2. The van der Waals surface area contributed by atoms with Gasteiger partial charge in [0.05, 0.1) is 5.54 Å². The first-order valence-corrected chi connectivity index (χ1v) is 7.47. The summed E-state index contributed by atoms with van der Waals surface area (Å²) in [6, 6.07) is 0.604. The van der Waals surface area contributed by atoms with E-state index in [9.17, 15) is 4.79 Å². The zero-order chi connectivity index (χ0) is 13.9. The maximum atomic E-state index is 12.5. The summed E-state index contributed by atoms with van der Waals surface area (Å²) < 4.78 is 5.31. The molecule has 2 saturated heterocycles. The molecule has 0 radical (unpaired) electrons. The molecule has 0 aliphatic carbocycles. The van der Waals surface area contributed by atoms with Gasteiger partial charge >= 0.3 is 0 Å². The first-order chi connectivity index (χ1) is 9.07. The van der Waals surface area contributed by atoms with Gasteiger partial charge < -0.3 is 15.4 Å². The van der Waals surface area contributed by atoms with Crippen molar-refractivity contribution in [3.05, 3.63) is 0 Å². The molecule has 2 aliphatic rings. The van der Waals surface area contributed by atoms with Crippen molar-refractivity contribution < 1.29 is 9.53 Å². The third-order valence-electron chi connectivity index (χ3n) is 4.63. The van der Waals surface area contributed by atoms with E-state index in [-0.39, 0.29) is 5.91 Å². The predicted molar refractivity (Wildman–Crippen MR) is 74.9 cm³/mol. The second-order valence-corrected chi connectivity index (χ2v) is 5.85. The van der Waals surface area contributed by atoms with Crippen molar-refractivity contribution in [2.45, 2.75) is 44.7 Å². The summed E-state index contributed by atoms with van der Waals surface area (Å²) in [6.07, 6.45) is 2.46. The van der Waals surface area contributed by atoms with Gasteiger partial charge in [-0.3, -0.25) is 9.69 Å². The normalized spacial score (nSPS) is 26.2. The number of piperazine rings is 1. The van der Waals surface area contributed by atoms with Crippen LogP contribution in [0.1, 0.15) is 33.1 Å². The number of carbonyl (C=O) groups is 1. The number of hydrogen-bond donors (Lipinski definition) is 1. The fourth-order valence-electron chi connectivity index (χ4n) is 2.89. The van der Waals surface area contributed by atoms with E-state index >= 15 is 0 Å². The molecule has 1 amide bonds. The molecule has 2 heterocycles. The van der Waals surface area contributed by atoms with Crippen LogP contribution >= 0.6 is 0 Å². The van der Waals surface area contributed by atoms with Crippen LogP contribution in [0, 0.1) is 0 Å². The standard InChI is InChI=1S/C14H27N3O2/c1-3-12(2)16-6-8-17(9-7-16)13(18)14(15)4-10-19-11-5-14/h12H,3-11,15H2,1-2H3. The van der Waals surface area contributed by atoms with E-state index in [0.29, 0.717) is 32.1 Å². The van der Waals surface area contributed by atoms with E-state index in [2.05, 4.69) is 18.7 Å². The van der Waals surface area contributed by atoms with Gasteiger partial charge in [0, 0.05) is 45.4 Å². The molecule has 110 valence electrons. The van der Waals surface area contributed by atoms with Gasteiger partial charge in [-0.2, -0.15) is 0 Å². The van der Waals surface area contributed by atoms with E-state index in [4.69, 9.17) is 10.5 Å². The quantitative estimate of drug-likeness (QED) is 0.807. The fraction of sp³-hybridized carbons (Fsp3) is 0.929. The molecule has 0 aromatic heterocycles. The zero-order valence-corrected chi connectivity index (χ0v) is 12.2. The van der Waals surface area contributed by atoms with E-state index in [0.717, 1.165) is 32.6 Å². The van der Waals surface area contributed by atoms with Gasteiger partial charge in [-0.15, -0.1) is 0 Å². The van der Waals surface area contributed by atoms with E-state index < -0.39 is 5.54 Å². The second-order valence-electron chi connectivity index (χ2n) is 5.85. The Morgan fingerprint density at radius 2 is 1.84 bits per heavy atom. The molecule has 0 aromatic rings. The monoisotopic (exact) mass is 269 g/mol. The number of carbonyl (C=O) groups excluding carboxylic acids is 1. The first kappa shape index (κ1) is 14.8. The Hall–Kier alpha value is -0.650. The van der Waals surface area contributed by atoms with Gasteiger partial charge in [0.15, 0.2) is 0 Å². The number of amides is 1. The topological polar surface area (TPSA) is 58.8 Å².